The van der Waals surface area contributed by atoms with E-state index in [0.717, 1.165) is 44.7 Å². The number of para-hydroxylation sites is 4. The highest BCUT2D eigenvalue weighted by Crippen LogP contribution is 2.40. The third-order valence-corrected chi connectivity index (χ3v) is 12.2. The van der Waals surface area contributed by atoms with Crippen LogP contribution >= 0.6 is 0 Å². The Labute approximate surface area is 356 Å². The fraction of sp³-hybridized carbons (Fsp3) is 0. The van der Waals surface area contributed by atoms with Crippen molar-refractivity contribution in [2.24, 2.45) is 0 Å². The van der Waals surface area contributed by atoms with Crippen molar-refractivity contribution in [1.82, 2.24) is 13.7 Å². The molecule has 62 heavy (non-hydrogen) atoms. The number of rotatable bonds is 6. The number of hydrogen-bond acceptors (Lipinski definition) is 3. The molecule has 0 unspecified atom stereocenters. The Kier molecular flexibility index (Phi) is 8.05. The summed E-state index contributed by atoms with van der Waals surface area (Å²) in [6, 6.07) is 74.1. The van der Waals surface area contributed by atoms with E-state index in [1.165, 1.54) is 48.9 Å². The second kappa shape index (κ2) is 14.1. The molecule has 0 aliphatic carbocycles. The standard InChI is InChI=1S/C56H37N5O/c57-55(36-13-3-1-4-14-36)62-56(58)37-23-27-41(28-24-37)60-49-20-10-7-17-43(49)46-33-38(25-30-52(46)60)39-26-31-53-47(34-39)44-18-8-12-22-51(44)61(53)42-29-32-54-48(35-42)45-19-9-11-21-50(45)59(54)40-15-5-2-6-16-40/h1-35,57-58H. The van der Waals surface area contributed by atoms with Gasteiger partial charge in [0, 0.05) is 60.5 Å². The van der Waals surface area contributed by atoms with E-state index in [-0.39, 0.29) is 11.8 Å². The maximum Gasteiger partial charge on any atom is 0.221 e. The first-order chi connectivity index (χ1) is 30.6. The topological polar surface area (TPSA) is 71.7 Å². The van der Waals surface area contributed by atoms with Gasteiger partial charge in [-0.3, -0.25) is 10.8 Å². The van der Waals surface area contributed by atoms with Crippen LogP contribution in [0, 0.1) is 10.8 Å². The molecule has 0 fully saturated rings. The van der Waals surface area contributed by atoms with Gasteiger partial charge in [-0.05, 0) is 120 Å². The number of hydrogen-bond donors (Lipinski definition) is 2. The Balaban J connectivity index is 0.935. The Morgan fingerprint density at radius 2 is 0.645 bits per heavy atom. The highest BCUT2D eigenvalue weighted by molar-refractivity contribution is 6.14. The molecular weight excluding hydrogens is 759 g/mol. The van der Waals surface area contributed by atoms with Crippen LogP contribution in [0.5, 0.6) is 0 Å². The van der Waals surface area contributed by atoms with Crippen LogP contribution in [0.3, 0.4) is 0 Å². The number of fused-ring (bicyclic) bond motifs is 9. The minimum atomic E-state index is -0.0643. The lowest BCUT2D eigenvalue weighted by molar-refractivity contribution is 0.538. The summed E-state index contributed by atoms with van der Waals surface area (Å²) < 4.78 is 12.7. The molecule has 0 aliphatic heterocycles. The molecule has 292 valence electrons. The van der Waals surface area contributed by atoms with Crippen LogP contribution in [0.2, 0.25) is 0 Å². The van der Waals surface area contributed by atoms with E-state index in [9.17, 15) is 0 Å². The summed E-state index contributed by atoms with van der Waals surface area (Å²) in [6.07, 6.45) is 0. The summed E-state index contributed by atoms with van der Waals surface area (Å²) in [5.74, 6) is -0.116. The summed E-state index contributed by atoms with van der Waals surface area (Å²) >= 11 is 0. The number of ether oxygens (including phenoxy) is 1. The molecule has 3 heterocycles. The largest absolute Gasteiger partial charge is 0.421 e. The minimum Gasteiger partial charge on any atom is -0.421 e. The van der Waals surface area contributed by atoms with E-state index >= 15 is 0 Å². The van der Waals surface area contributed by atoms with E-state index in [1.54, 1.807) is 12.1 Å². The zero-order valence-electron chi connectivity index (χ0n) is 33.5. The lowest BCUT2D eigenvalue weighted by Crippen LogP contribution is -2.12. The first kappa shape index (κ1) is 35.5. The van der Waals surface area contributed by atoms with Gasteiger partial charge in [0.1, 0.15) is 0 Å². The molecule has 0 spiro atoms. The van der Waals surface area contributed by atoms with Crippen molar-refractivity contribution in [2.75, 3.05) is 0 Å². The van der Waals surface area contributed by atoms with E-state index in [2.05, 4.69) is 171 Å². The van der Waals surface area contributed by atoms with E-state index in [0.29, 0.717) is 11.1 Å². The molecule has 6 heteroatoms. The van der Waals surface area contributed by atoms with Gasteiger partial charge in [-0.2, -0.15) is 0 Å². The molecular formula is C56H37N5O. The van der Waals surface area contributed by atoms with Crippen LogP contribution in [0.25, 0.3) is 93.6 Å². The highest BCUT2D eigenvalue weighted by atomic mass is 16.5. The van der Waals surface area contributed by atoms with Gasteiger partial charge in [-0.15, -0.1) is 0 Å². The van der Waals surface area contributed by atoms with Crippen molar-refractivity contribution in [2.45, 2.75) is 0 Å². The number of nitrogens with zero attached hydrogens (tertiary/aromatic N) is 3. The molecule has 0 saturated heterocycles. The quantitative estimate of drug-likeness (QED) is 0.128. The molecule has 12 aromatic rings. The zero-order chi connectivity index (χ0) is 41.3. The molecule has 0 saturated carbocycles. The Hall–Kier alpha value is -8.48. The fourth-order valence-corrected chi connectivity index (χ4v) is 9.39. The predicted molar refractivity (Wildman–Crippen MR) is 256 cm³/mol. The summed E-state index contributed by atoms with van der Waals surface area (Å²) in [5.41, 5.74) is 13.7. The number of benzene rings is 9. The molecule has 12 rings (SSSR count). The first-order valence-corrected chi connectivity index (χ1v) is 20.8. The van der Waals surface area contributed by atoms with E-state index in [1.807, 2.05) is 42.5 Å². The van der Waals surface area contributed by atoms with Crippen molar-refractivity contribution in [3.63, 3.8) is 0 Å². The molecule has 0 radical (unpaired) electrons. The average Bonchev–Trinajstić information content (AvgIpc) is 3.97. The Bertz CT molecular complexity index is 3740. The molecule has 9 aromatic carbocycles. The highest BCUT2D eigenvalue weighted by Gasteiger charge is 2.19. The minimum absolute atomic E-state index is 0.0516. The van der Waals surface area contributed by atoms with Crippen LogP contribution in [0.1, 0.15) is 11.1 Å². The van der Waals surface area contributed by atoms with Crippen molar-refractivity contribution in [1.29, 1.82) is 10.8 Å². The van der Waals surface area contributed by atoms with Crippen LogP contribution < -0.4 is 0 Å². The SMILES string of the molecule is N=C(OC(=N)c1ccc(-n2c3ccccc3c3cc(-c4ccc5c(c4)c4ccccc4n5-c4ccc5c(c4)c4ccccc4n5-c4ccccc4)ccc32)cc1)c1ccccc1. The van der Waals surface area contributed by atoms with Crippen molar-refractivity contribution < 1.29 is 4.74 Å². The summed E-state index contributed by atoms with van der Waals surface area (Å²) in [6.45, 7) is 0. The normalized spacial score (nSPS) is 11.7. The van der Waals surface area contributed by atoms with Gasteiger partial charge in [0.15, 0.2) is 0 Å². The van der Waals surface area contributed by atoms with Crippen molar-refractivity contribution in [3.05, 3.63) is 223 Å². The van der Waals surface area contributed by atoms with E-state index < -0.39 is 0 Å². The Morgan fingerprint density at radius 1 is 0.290 bits per heavy atom. The van der Waals surface area contributed by atoms with Gasteiger partial charge in [0.2, 0.25) is 11.8 Å². The maximum absolute atomic E-state index is 8.57. The van der Waals surface area contributed by atoms with Crippen LogP contribution in [-0.2, 0) is 4.74 Å². The van der Waals surface area contributed by atoms with Crippen LogP contribution in [0.15, 0.2) is 212 Å². The fourth-order valence-electron chi connectivity index (χ4n) is 9.39. The van der Waals surface area contributed by atoms with Gasteiger partial charge in [-0.25, -0.2) is 0 Å². The summed E-state index contributed by atoms with van der Waals surface area (Å²) in [5, 5.41) is 24.1. The lowest BCUT2D eigenvalue weighted by Gasteiger charge is -2.11. The molecule has 2 N–H and O–H groups in total. The molecule has 0 atom stereocenters. The third kappa shape index (κ3) is 5.58. The molecule has 6 nitrogen and oxygen atoms in total. The third-order valence-electron chi connectivity index (χ3n) is 12.2. The lowest BCUT2D eigenvalue weighted by atomic mass is 10.0. The van der Waals surface area contributed by atoms with Gasteiger partial charge in [0.05, 0.1) is 33.1 Å². The second-order valence-corrected chi connectivity index (χ2v) is 15.7. The number of nitrogens with one attached hydrogen (secondary N) is 2. The smallest absolute Gasteiger partial charge is 0.221 e. The first-order valence-electron chi connectivity index (χ1n) is 20.8. The summed E-state index contributed by atoms with van der Waals surface area (Å²) in [4.78, 5) is 0. The van der Waals surface area contributed by atoms with E-state index in [4.69, 9.17) is 15.6 Å². The second-order valence-electron chi connectivity index (χ2n) is 15.7. The summed E-state index contributed by atoms with van der Waals surface area (Å²) in [7, 11) is 0. The predicted octanol–water partition coefficient (Wildman–Crippen LogP) is 14.0. The van der Waals surface area contributed by atoms with Gasteiger partial charge >= 0.3 is 0 Å². The number of aromatic nitrogens is 3. The van der Waals surface area contributed by atoms with Gasteiger partial charge in [0.25, 0.3) is 0 Å². The van der Waals surface area contributed by atoms with Gasteiger partial charge in [-0.1, -0.05) is 103 Å². The molecule has 0 aliphatic rings. The van der Waals surface area contributed by atoms with Gasteiger partial charge < -0.3 is 18.4 Å². The Morgan fingerprint density at radius 3 is 1.16 bits per heavy atom. The molecule has 0 bridgehead atoms. The van der Waals surface area contributed by atoms with Crippen molar-refractivity contribution in [3.8, 4) is 28.2 Å². The molecule has 0 amide bonds. The van der Waals surface area contributed by atoms with Crippen LogP contribution in [0.4, 0.5) is 0 Å². The monoisotopic (exact) mass is 795 g/mol. The maximum atomic E-state index is 8.57. The average molecular weight is 796 g/mol. The van der Waals surface area contributed by atoms with Crippen molar-refractivity contribution >= 4 is 77.2 Å². The zero-order valence-corrected chi connectivity index (χ0v) is 33.5. The van der Waals surface area contributed by atoms with Crippen LogP contribution in [-0.4, -0.2) is 25.5 Å². The molecule has 3 aromatic heterocycles.